The molecule has 4 heteroatoms. The second-order valence-corrected chi connectivity index (χ2v) is 4.81. The van der Waals surface area contributed by atoms with Crippen molar-refractivity contribution in [2.45, 2.75) is 43.2 Å². The van der Waals surface area contributed by atoms with E-state index in [1.54, 1.807) is 0 Å². The quantitative estimate of drug-likeness (QED) is 0.665. The molecule has 2 fully saturated rings. The van der Waals surface area contributed by atoms with Crippen molar-refractivity contribution in [3.05, 3.63) is 0 Å². The lowest BCUT2D eigenvalue weighted by molar-refractivity contribution is -0.105. The molecule has 2 unspecified atom stereocenters. The molecule has 0 aromatic carbocycles. The maximum Gasteiger partial charge on any atom is 0.0871 e. The van der Waals surface area contributed by atoms with Gasteiger partial charge in [-0.3, -0.25) is 0 Å². The summed E-state index contributed by atoms with van der Waals surface area (Å²) < 4.78 is 10.8. The van der Waals surface area contributed by atoms with Gasteiger partial charge in [-0.25, -0.2) is 0 Å². The first-order valence-electron chi connectivity index (χ1n) is 5.83. The van der Waals surface area contributed by atoms with Gasteiger partial charge >= 0.3 is 0 Å². The smallest absolute Gasteiger partial charge is 0.0871 e. The van der Waals surface area contributed by atoms with Crippen LogP contribution in [0.15, 0.2) is 0 Å². The van der Waals surface area contributed by atoms with Crippen LogP contribution in [0.1, 0.15) is 32.1 Å². The van der Waals surface area contributed by atoms with Gasteiger partial charge in [-0.05, 0) is 25.7 Å². The normalized spacial score (nSPS) is 43.6. The summed E-state index contributed by atoms with van der Waals surface area (Å²) in [7, 11) is 0. The Morgan fingerprint density at radius 2 is 1.67 bits per heavy atom. The molecular formula is C11H21NO3. The summed E-state index contributed by atoms with van der Waals surface area (Å²) in [5.74, 6) is 0. The molecule has 2 heterocycles. The van der Waals surface area contributed by atoms with Crippen molar-refractivity contribution in [2.75, 3.05) is 26.4 Å². The molecule has 15 heavy (non-hydrogen) atoms. The Labute approximate surface area is 90.7 Å². The van der Waals surface area contributed by atoms with Crippen molar-refractivity contribution in [3.63, 3.8) is 0 Å². The van der Waals surface area contributed by atoms with Crippen LogP contribution in [-0.2, 0) is 9.47 Å². The minimum absolute atomic E-state index is 0.476. The summed E-state index contributed by atoms with van der Waals surface area (Å²) >= 11 is 0. The molecule has 3 N–H and O–H groups in total. The SMILES string of the molecule is NC1(C2(O)CCCOCC2)CCCOC1. The Kier molecular flexibility index (Phi) is 3.30. The number of hydrogen-bond donors (Lipinski definition) is 2. The average molecular weight is 215 g/mol. The van der Waals surface area contributed by atoms with E-state index in [9.17, 15) is 5.11 Å². The fourth-order valence-electron chi connectivity index (χ4n) is 2.62. The van der Waals surface area contributed by atoms with Crippen molar-refractivity contribution in [3.8, 4) is 0 Å². The molecule has 0 aliphatic carbocycles. The van der Waals surface area contributed by atoms with Crippen LogP contribution in [0.5, 0.6) is 0 Å². The summed E-state index contributed by atoms with van der Waals surface area (Å²) in [6, 6.07) is 0. The van der Waals surface area contributed by atoms with E-state index in [4.69, 9.17) is 15.2 Å². The Balaban J connectivity index is 2.10. The van der Waals surface area contributed by atoms with Gasteiger partial charge in [-0.1, -0.05) is 0 Å². The molecular weight excluding hydrogens is 194 g/mol. The Morgan fingerprint density at radius 3 is 2.40 bits per heavy atom. The van der Waals surface area contributed by atoms with Gasteiger partial charge in [0, 0.05) is 26.2 Å². The molecule has 0 radical (unpaired) electrons. The lowest BCUT2D eigenvalue weighted by atomic mass is 9.72. The highest BCUT2D eigenvalue weighted by Crippen LogP contribution is 2.36. The molecule has 2 saturated heterocycles. The molecule has 0 spiro atoms. The highest BCUT2D eigenvalue weighted by molar-refractivity contribution is 5.05. The third kappa shape index (κ3) is 2.18. The van der Waals surface area contributed by atoms with Crippen molar-refractivity contribution >= 4 is 0 Å². The maximum absolute atomic E-state index is 10.7. The van der Waals surface area contributed by atoms with Crippen LogP contribution in [0.4, 0.5) is 0 Å². The molecule has 2 atom stereocenters. The van der Waals surface area contributed by atoms with Gasteiger partial charge in [0.15, 0.2) is 0 Å². The molecule has 0 amide bonds. The summed E-state index contributed by atoms with van der Waals surface area (Å²) in [4.78, 5) is 0. The molecule has 2 rings (SSSR count). The molecule has 2 aliphatic heterocycles. The van der Waals surface area contributed by atoms with Gasteiger partial charge in [0.05, 0.1) is 17.7 Å². The highest BCUT2D eigenvalue weighted by Gasteiger charge is 2.48. The van der Waals surface area contributed by atoms with Crippen LogP contribution < -0.4 is 5.73 Å². The summed E-state index contributed by atoms with van der Waals surface area (Å²) in [5.41, 5.74) is 4.93. The zero-order valence-corrected chi connectivity index (χ0v) is 9.21. The Hall–Kier alpha value is -0.160. The second-order valence-electron chi connectivity index (χ2n) is 4.81. The minimum Gasteiger partial charge on any atom is -0.388 e. The van der Waals surface area contributed by atoms with E-state index < -0.39 is 11.1 Å². The predicted molar refractivity (Wildman–Crippen MR) is 56.6 cm³/mol. The molecule has 0 aromatic heterocycles. The first-order chi connectivity index (χ1) is 7.16. The van der Waals surface area contributed by atoms with E-state index in [1.165, 1.54) is 0 Å². The fourth-order valence-corrected chi connectivity index (χ4v) is 2.62. The minimum atomic E-state index is -0.802. The first kappa shape index (κ1) is 11.3. The second kappa shape index (κ2) is 4.37. The van der Waals surface area contributed by atoms with E-state index in [2.05, 4.69) is 0 Å². The summed E-state index contributed by atoms with van der Waals surface area (Å²) in [6.45, 7) is 2.59. The fraction of sp³-hybridized carbons (Fsp3) is 1.00. The molecule has 88 valence electrons. The van der Waals surface area contributed by atoms with E-state index in [1.807, 2.05) is 0 Å². The van der Waals surface area contributed by atoms with Crippen molar-refractivity contribution in [2.24, 2.45) is 5.73 Å². The highest BCUT2D eigenvalue weighted by atomic mass is 16.5. The zero-order valence-electron chi connectivity index (χ0n) is 9.21. The maximum atomic E-state index is 10.7. The van der Waals surface area contributed by atoms with Crippen LogP contribution in [0.3, 0.4) is 0 Å². The summed E-state index contributed by atoms with van der Waals surface area (Å²) in [6.07, 6.45) is 4.04. The lowest BCUT2D eigenvalue weighted by Gasteiger charge is -2.46. The number of ether oxygens (including phenoxy) is 2. The number of aliphatic hydroxyl groups is 1. The predicted octanol–water partition coefficient (Wildman–Crippen LogP) is 0.426. The molecule has 0 aromatic rings. The topological polar surface area (TPSA) is 64.7 Å². The monoisotopic (exact) mass is 215 g/mol. The van der Waals surface area contributed by atoms with Crippen molar-refractivity contribution < 1.29 is 14.6 Å². The molecule has 4 nitrogen and oxygen atoms in total. The van der Waals surface area contributed by atoms with E-state index in [0.717, 1.165) is 38.9 Å². The van der Waals surface area contributed by atoms with Crippen molar-refractivity contribution in [1.29, 1.82) is 0 Å². The van der Waals surface area contributed by atoms with E-state index in [0.29, 0.717) is 19.6 Å². The van der Waals surface area contributed by atoms with Crippen LogP contribution >= 0.6 is 0 Å². The molecule has 2 aliphatic rings. The Bertz CT molecular complexity index is 206. The number of nitrogens with two attached hydrogens (primary N) is 1. The summed E-state index contributed by atoms with van der Waals surface area (Å²) in [5, 5.41) is 10.7. The van der Waals surface area contributed by atoms with Gasteiger partial charge in [-0.15, -0.1) is 0 Å². The lowest BCUT2D eigenvalue weighted by Crippen LogP contribution is -2.64. The van der Waals surface area contributed by atoms with Gasteiger partial charge in [0.2, 0.25) is 0 Å². The average Bonchev–Trinajstić information content (AvgIpc) is 2.45. The van der Waals surface area contributed by atoms with Gasteiger partial charge in [0.1, 0.15) is 0 Å². The number of hydrogen-bond acceptors (Lipinski definition) is 4. The third-order valence-corrected chi connectivity index (χ3v) is 3.74. The first-order valence-corrected chi connectivity index (χ1v) is 5.83. The Morgan fingerprint density at radius 1 is 0.933 bits per heavy atom. The van der Waals surface area contributed by atoms with Gasteiger partial charge in [0.25, 0.3) is 0 Å². The third-order valence-electron chi connectivity index (χ3n) is 3.74. The molecule has 0 saturated carbocycles. The van der Waals surface area contributed by atoms with Crippen LogP contribution in [-0.4, -0.2) is 42.7 Å². The number of rotatable bonds is 1. The zero-order chi connectivity index (χ0) is 10.8. The standard InChI is InChI=1S/C11H21NO3/c12-10(3-1-7-15-9-10)11(13)4-2-6-14-8-5-11/h13H,1-9,12H2. The molecule has 0 bridgehead atoms. The van der Waals surface area contributed by atoms with Crippen LogP contribution in [0, 0.1) is 0 Å². The van der Waals surface area contributed by atoms with Crippen molar-refractivity contribution in [1.82, 2.24) is 0 Å². The van der Waals surface area contributed by atoms with E-state index >= 15 is 0 Å². The largest absolute Gasteiger partial charge is 0.388 e. The van der Waals surface area contributed by atoms with Gasteiger partial charge in [-0.2, -0.15) is 0 Å². The van der Waals surface area contributed by atoms with Crippen LogP contribution in [0.25, 0.3) is 0 Å². The van der Waals surface area contributed by atoms with Gasteiger partial charge < -0.3 is 20.3 Å². The van der Waals surface area contributed by atoms with Crippen LogP contribution in [0.2, 0.25) is 0 Å². The van der Waals surface area contributed by atoms with E-state index in [-0.39, 0.29) is 0 Å².